The summed E-state index contributed by atoms with van der Waals surface area (Å²) in [7, 11) is 0. The van der Waals surface area contributed by atoms with Crippen molar-refractivity contribution in [2.45, 2.75) is 38.3 Å². The van der Waals surface area contributed by atoms with E-state index in [1.54, 1.807) is 0 Å². The van der Waals surface area contributed by atoms with Crippen LogP contribution in [-0.4, -0.2) is 45.9 Å². The lowest BCUT2D eigenvalue weighted by Gasteiger charge is -2.03. The van der Waals surface area contributed by atoms with Gasteiger partial charge in [-0.1, -0.05) is 6.42 Å². The quantitative estimate of drug-likeness (QED) is 0.371. The minimum atomic E-state index is -1.23. The van der Waals surface area contributed by atoms with Crippen molar-refractivity contribution < 1.29 is 24.9 Å². The Kier molecular flexibility index (Phi) is 11.1. The smallest absolute Gasteiger partial charge is 0.332 e. The normalized spacial score (nSPS) is 13.2. The van der Waals surface area contributed by atoms with E-state index in [2.05, 4.69) is 0 Å². The maximum atomic E-state index is 10.1. The topological polar surface area (TPSA) is 147 Å². The summed E-state index contributed by atoms with van der Waals surface area (Å²) in [4.78, 5) is 19.6. The highest BCUT2D eigenvalue weighted by Crippen LogP contribution is 1.96. The molecule has 0 radical (unpaired) electrons. The van der Waals surface area contributed by atoms with Crippen LogP contribution in [0.3, 0.4) is 0 Å². The fraction of sp³-hybridized carbons (Fsp3) is 0.778. The molecule has 7 heteroatoms. The molecule has 0 aromatic carbocycles. The van der Waals surface area contributed by atoms with Crippen LogP contribution >= 0.6 is 0 Å². The van der Waals surface area contributed by atoms with Crippen molar-refractivity contribution in [2.75, 3.05) is 6.54 Å². The number of nitrogens with two attached hydrogens (primary N) is 2. The first kappa shape index (κ1) is 17.2. The molecule has 0 aromatic heterocycles. The molecule has 0 fully saturated rings. The zero-order valence-electron chi connectivity index (χ0n) is 9.30. The van der Waals surface area contributed by atoms with Gasteiger partial charge in [-0.2, -0.15) is 0 Å². The minimum Gasteiger partial charge on any atom is -0.480 e. The van der Waals surface area contributed by atoms with Crippen LogP contribution in [0, 0.1) is 0 Å². The highest BCUT2D eigenvalue weighted by molar-refractivity contribution is 5.72. The number of carbonyl (C=O) groups is 2. The summed E-state index contributed by atoms with van der Waals surface area (Å²) < 4.78 is 0. The maximum Gasteiger partial charge on any atom is 0.332 e. The monoisotopic (exact) mass is 236 g/mol. The Morgan fingerprint density at radius 2 is 1.62 bits per heavy atom. The molecule has 0 spiro atoms. The van der Waals surface area contributed by atoms with Gasteiger partial charge in [-0.25, -0.2) is 4.79 Å². The molecule has 0 saturated carbocycles. The number of aliphatic carboxylic acids is 2. The molecule has 0 bridgehead atoms. The molecule has 0 aliphatic rings. The van der Waals surface area contributed by atoms with Crippen LogP contribution in [0.2, 0.25) is 0 Å². The molecular weight excluding hydrogens is 216 g/mol. The van der Waals surface area contributed by atoms with Crippen LogP contribution in [0.25, 0.3) is 0 Å². The zero-order valence-corrected chi connectivity index (χ0v) is 9.30. The van der Waals surface area contributed by atoms with E-state index in [9.17, 15) is 9.59 Å². The summed E-state index contributed by atoms with van der Waals surface area (Å²) in [6.07, 6.45) is 0.933. The van der Waals surface area contributed by atoms with E-state index >= 15 is 0 Å². The first-order valence-corrected chi connectivity index (χ1v) is 4.92. The number of aliphatic hydroxyl groups excluding tert-OH is 1. The number of hydrogen-bond donors (Lipinski definition) is 5. The van der Waals surface area contributed by atoms with Crippen molar-refractivity contribution in [2.24, 2.45) is 11.5 Å². The van der Waals surface area contributed by atoms with E-state index in [1.165, 1.54) is 6.92 Å². The van der Waals surface area contributed by atoms with Crippen LogP contribution in [0.5, 0.6) is 0 Å². The van der Waals surface area contributed by atoms with Gasteiger partial charge in [0.05, 0.1) is 0 Å². The lowest BCUT2D eigenvalue weighted by Crippen LogP contribution is -2.29. The molecule has 0 aliphatic heterocycles. The zero-order chi connectivity index (χ0) is 13.1. The third kappa shape index (κ3) is 12.8. The molecular formula is C9H20N2O5. The Labute approximate surface area is 94.1 Å². The summed E-state index contributed by atoms with van der Waals surface area (Å²) in [6, 6.07) is -0.716. The van der Waals surface area contributed by atoms with Crippen molar-refractivity contribution in [3.05, 3.63) is 0 Å². The standard InChI is InChI=1S/C6H14N2O2.C3H6O3/c7-4-2-1-3-5(8)6(9)10;1-2(4)3(5)6/h5H,1-4,7-8H2,(H,9,10);2,4H,1H3,(H,5,6)/t5-;/m1./s1. The highest BCUT2D eigenvalue weighted by Gasteiger charge is 2.09. The van der Waals surface area contributed by atoms with E-state index in [0.29, 0.717) is 13.0 Å². The lowest BCUT2D eigenvalue weighted by atomic mass is 10.1. The average molecular weight is 236 g/mol. The van der Waals surface area contributed by atoms with Crippen molar-refractivity contribution in [3.8, 4) is 0 Å². The molecule has 0 amide bonds. The fourth-order valence-corrected chi connectivity index (χ4v) is 0.632. The summed E-state index contributed by atoms with van der Waals surface area (Å²) in [5.74, 6) is -2.12. The predicted octanol–water partition coefficient (Wildman–Crippen LogP) is -1.02. The predicted molar refractivity (Wildman–Crippen MR) is 57.8 cm³/mol. The number of rotatable bonds is 6. The van der Waals surface area contributed by atoms with Gasteiger partial charge < -0.3 is 26.8 Å². The summed E-state index contributed by atoms with van der Waals surface area (Å²) in [6.45, 7) is 1.80. The molecule has 0 saturated heterocycles. The number of aliphatic hydroxyl groups is 1. The molecule has 7 N–H and O–H groups in total. The molecule has 96 valence electrons. The van der Waals surface area contributed by atoms with E-state index in [-0.39, 0.29) is 0 Å². The molecule has 7 nitrogen and oxygen atoms in total. The van der Waals surface area contributed by atoms with Gasteiger partial charge in [0.2, 0.25) is 0 Å². The number of hydrogen-bond acceptors (Lipinski definition) is 5. The molecule has 1 unspecified atom stereocenters. The van der Waals surface area contributed by atoms with Crippen molar-refractivity contribution in [1.82, 2.24) is 0 Å². The van der Waals surface area contributed by atoms with Crippen LogP contribution in [-0.2, 0) is 9.59 Å². The first-order valence-electron chi connectivity index (χ1n) is 4.92. The van der Waals surface area contributed by atoms with Crippen molar-refractivity contribution >= 4 is 11.9 Å². The van der Waals surface area contributed by atoms with Gasteiger partial charge in [0, 0.05) is 0 Å². The Morgan fingerprint density at radius 3 is 1.88 bits per heavy atom. The van der Waals surface area contributed by atoms with Crippen molar-refractivity contribution in [1.29, 1.82) is 0 Å². The molecule has 0 aromatic rings. The lowest BCUT2D eigenvalue weighted by molar-refractivity contribution is -0.145. The first-order chi connectivity index (χ1) is 7.32. The van der Waals surface area contributed by atoms with Gasteiger partial charge in [0.1, 0.15) is 12.1 Å². The number of unbranched alkanes of at least 4 members (excludes halogenated alkanes) is 1. The Bertz CT molecular complexity index is 208. The van der Waals surface area contributed by atoms with Gasteiger partial charge >= 0.3 is 11.9 Å². The second-order valence-electron chi connectivity index (χ2n) is 3.24. The van der Waals surface area contributed by atoms with E-state index < -0.39 is 24.1 Å². The second-order valence-corrected chi connectivity index (χ2v) is 3.24. The summed E-state index contributed by atoms with van der Waals surface area (Å²) in [5.41, 5.74) is 10.4. The van der Waals surface area contributed by atoms with Gasteiger partial charge in [0.25, 0.3) is 0 Å². The minimum absolute atomic E-state index is 0.520. The molecule has 0 aliphatic carbocycles. The fourth-order valence-electron chi connectivity index (χ4n) is 0.632. The molecule has 0 heterocycles. The summed E-state index contributed by atoms with van der Waals surface area (Å²) in [5, 5.41) is 24.1. The third-order valence-corrected chi connectivity index (χ3v) is 1.64. The highest BCUT2D eigenvalue weighted by atomic mass is 16.4. The third-order valence-electron chi connectivity index (χ3n) is 1.64. The van der Waals surface area contributed by atoms with Gasteiger partial charge in [-0.15, -0.1) is 0 Å². The van der Waals surface area contributed by atoms with Gasteiger partial charge in [-0.3, -0.25) is 4.79 Å². The van der Waals surface area contributed by atoms with Gasteiger partial charge in [0.15, 0.2) is 0 Å². The number of carboxylic acid groups (broad SMARTS) is 2. The average Bonchev–Trinajstić information content (AvgIpc) is 2.18. The Hall–Kier alpha value is -1.18. The molecule has 16 heavy (non-hydrogen) atoms. The van der Waals surface area contributed by atoms with Gasteiger partial charge in [-0.05, 0) is 26.3 Å². The summed E-state index contributed by atoms with van der Waals surface area (Å²) >= 11 is 0. The van der Waals surface area contributed by atoms with E-state index in [4.69, 9.17) is 26.8 Å². The van der Waals surface area contributed by atoms with Crippen LogP contribution < -0.4 is 11.5 Å². The van der Waals surface area contributed by atoms with E-state index in [1.807, 2.05) is 0 Å². The van der Waals surface area contributed by atoms with Crippen LogP contribution in [0.4, 0.5) is 0 Å². The SMILES string of the molecule is CC(O)C(=O)O.NCCCC[C@@H](N)C(=O)O. The molecule has 0 rings (SSSR count). The van der Waals surface area contributed by atoms with E-state index in [0.717, 1.165) is 12.8 Å². The second kappa shape index (κ2) is 10.3. The largest absolute Gasteiger partial charge is 0.480 e. The number of carboxylic acids is 2. The van der Waals surface area contributed by atoms with Crippen molar-refractivity contribution in [3.63, 3.8) is 0 Å². The van der Waals surface area contributed by atoms with Crippen LogP contribution in [0.1, 0.15) is 26.2 Å². The Morgan fingerprint density at radius 1 is 1.19 bits per heavy atom. The molecule has 2 atom stereocenters. The Balaban J connectivity index is 0. The maximum absolute atomic E-state index is 10.1. The van der Waals surface area contributed by atoms with Crippen LogP contribution in [0.15, 0.2) is 0 Å².